The maximum Gasteiger partial charge on any atom is 0.163 e. The van der Waals surface area contributed by atoms with E-state index < -0.39 is 0 Å². The maximum absolute atomic E-state index is 11.6. The van der Waals surface area contributed by atoms with Crippen molar-refractivity contribution in [3.63, 3.8) is 0 Å². The molecule has 1 aromatic heterocycles. The summed E-state index contributed by atoms with van der Waals surface area (Å²) in [5, 5.41) is 12.7. The summed E-state index contributed by atoms with van der Waals surface area (Å²) in [6.45, 7) is 0.720. The summed E-state index contributed by atoms with van der Waals surface area (Å²) in [5.41, 5.74) is 6.91. The van der Waals surface area contributed by atoms with Gasteiger partial charge in [0.1, 0.15) is 17.9 Å². The average molecular weight is 509 g/mol. The minimum absolute atomic E-state index is 0.0247. The number of aliphatic hydroxyl groups is 1. The molecule has 0 atom stereocenters. The zero-order valence-corrected chi connectivity index (χ0v) is 21.5. The van der Waals surface area contributed by atoms with Crippen LogP contribution in [0.3, 0.4) is 0 Å². The zero-order chi connectivity index (χ0) is 26.7. The molecule has 6 heteroatoms. The van der Waals surface area contributed by atoms with Crippen LogP contribution in [0.15, 0.2) is 85.0 Å². The van der Waals surface area contributed by atoms with E-state index in [0.717, 1.165) is 58.6 Å². The number of fused-ring (bicyclic) bond motifs is 1. The van der Waals surface area contributed by atoms with E-state index in [1.807, 2.05) is 67.7 Å². The molecule has 1 aliphatic heterocycles. The van der Waals surface area contributed by atoms with Gasteiger partial charge in [-0.25, -0.2) is 4.98 Å². The topological polar surface area (TPSA) is 88.5 Å². The Morgan fingerprint density at radius 1 is 1.11 bits per heavy atom. The molecule has 0 saturated carbocycles. The molecule has 194 valence electrons. The highest BCUT2D eigenvalue weighted by Gasteiger charge is 2.14. The molecule has 0 fully saturated rings. The third-order valence-corrected chi connectivity index (χ3v) is 6.40. The third kappa shape index (κ3) is 6.72. The van der Waals surface area contributed by atoms with Gasteiger partial charge in [-0.2, -0.15) is 0 Å². The van der Waals surface area contributed by atoms with Crippen LogP contribution in [-0.2, 0) is 17.8 Å². The number of nitrogens with zero attached hydrogens (tertiary/aromatic N) is 1. The molecule has 3 aromatic rings. The van der Waals surface area contributed by atoms with Gasteiger partial charge < -0.3 is 20.0 Å². The van der Waals surface area contributed by atoms with E-state index in [0.29, 0.717) is 25.0 Å². The number of Topliss-reactive ketones (excluding diaryl/α,β-unsaturated/α-hetero) is 1. The lowest BCUT2D eigenvalue weighted by Crippen LogP contribution is -1.99. The van der Waals surface area contributed by atoms with E-state index >= 15 is 0 Å². The molecule has 0 saturated heterocycles. The molecule has 0 spiro atoms. The predicted molar refractivity (Wildman–Crippen MR) is 151 cm³/mol. The number of rotatable bonds is 8. The summed E-state index contributed by atoms with van der Waals surface area (Å²) in [6, 6.07) is 17.5. The lowest BCUT2D eigenvalue weighted by atomic mass is 9.98. The quantitative estimate of drug-likeness (QED) is 0.288. The predicted octanol–water partition coefficient (Wildman–Crippen LogP) is 5.97. The number of benzene rings is 2. The van der Waals surface area contributed by atoms with Crippen molar-refractivity contribution >= 4 is 23.5 Å². The van der Waals surface area contributed by atoms with E-state index in [1.165, 1.54) is 5.57 Å². The number of allylic oxidation sites excluding steroid dienone is 6. The molecule has 0 unspecified atom stereocenters. The number of carbonyl (C=O) groups is 2. The highest BCUT2D eigenvalue weighted by atomic mass is 16.5. The normalized spacial score (nSPS) is 13.4. The Morgan fingerprint density at radius 2 is 1.97 bits per heavy atom. The summed E-state index contributed by atoms with van der Waals surface area (Å²) < 4.78 is 5.35. The molecule has 2 N–H and O–H groups in total. The molecule has 2 aromatic carbocycles. The Bertz CT molecular complexity index is 1390. The molecular weight excluding hydrogens is 476 g/mol. The van der Waals surface area contributed by atoms with Crippen molar-refractivity contribution in [3.8, 4) is 16.9 Å². The minimum Gasteiger partial charge on any atom is -0.493 e. The first-order valence-electron chi connectivity index (χ1n) is 12.8. The van der Waals surface area contributed by atoms with E-state index in [-0.39, 0.29) is 12.4 Å². The minimum atomic E-state index is 0.0247. The summed E-state index contributed by atoms with van der Waals surface area (Å²) in [7, 11) is 1.87. The molecule has 2 heterocycles. The van der Waals surface area contributed by atoms with Crippen molar-refractivity contribution < 1.29 is 19.4 Å². The van der Waals surface area contributed by atoms with Crippen LogP contribution in [0.5, 0.6) is 5.75 Å². The van der Waals surface area contributed by atoms with Gasteiger partial charge in [-0.3, -0.25) is 4.79 Å². The Hall–Kier alpha value is -4.29. The fraction of sp³-hybridized carbons (Fsp3) is 0.219. The van der Waals surface area contributed by atoms with Gasteiger partial charge in [0.2, 0.25) is 0 Å². The van der Waals surface area contributed by atoms with Gasteiger partial charge >= 0.3 is 0 Å². The number of nitrogens with one attached hydrogen (secondary N) is 1. The number of hydrogen-bond acceptors (Lipinski definition) is 6. The van der Waals surface area contributed by atoms with Crippen LogP contribution in [0.25, 0.3) is 16.7 Å². The van der Waals surface area contributed by atoms with Crippen LogP contribution in [0, 0.1) is 0 Å². The molecule has 0 amide bonds. The van der Waals surface area contributed by atoms with E-state index in [2.05, 4.69) is 28.5 Å². The van der Waals surface area contributed by atoms with Crippen molar-refractivity contribution in [1.29, 1.82) is 0 Å². The van der Waals surface area contributed by atoms with Gasteiger partial charge in [0, 0.05) is 31.9 Å². The van der Waals surface area contributed by atoms with Crippen molar-refractivity contribution in [2.75, 3.05) is 19.0 Å². The fourth-order valence-electron chi connectivity index (χ4n) is 4.38. The number of anilines is 1. The second kappa shape index (κ2) is 13.3. The number of ether oxygens (including phenoxy) is 1. The van der Waals surface area contributed by atoms with E-state index in [4.69, 9.17) is 4.74 Å². The highest BCUT2D eigenvalue weighted by molar-refractivity contribution is 5.97. The van der Waals surface area contributed by atoms with Crippen LogP contribution in [0.1, 0.15) is 46.4 Å². The SMILES string of the molecule is CNc1cc(-c2ccccc2CO)cc(C2=CC=CC=CC2)n1.O=CCCC(=O)c1ccc2c(c1)CCO2. The molecule has 38 heavy (non-hydrogen) atoms. The van der Waals surface area contributed by atoms with Gasteiger partial charge in [-0.05, 0) is 64.6 Å². The third-order valence-electron chi connectivity index (χ3n) is 6.40. The lowest BCUT2D eigenvalue weighted by molar-refractivity contribution is -0.107. The van der Waals surface area contributed by atoms with Crippen LogP contribution in [-0.4, -0.2) is 35.8 Å². The van der Waals surface area contributed by atoms with Crippen molar-refractivity contribution in [2.24, 2.45) is 0 Å². The summed E-state index contributed by atoms with van der Waals surface area (Å²) >= 11 is 0. The Balaban J connectivity index is 0.000000194. The van der Waals surface area contributed by atoms with E-state index in [1.54, 1.807) is 6.07 Å². The number of aliphatic hydroxyl groups excluding tert-OH is 1. The Labute approximate surface area is 223 Å². The molecule has 1 aliphatic carbocycles. The summed E-state index contributed by atoms with van der Waals surface area (Å²) in [5.74, 6) is 1.72. The Morgan fingerprint density at radius 3 is 2.79 bits per heavy atom. The number of hydrogen-bond donors (Lipinski definition) is 2. The number of carbonyl (C=O) groups excluding carboxylic acids is 2. The maximum atomic E-state index is 11.6. The van der Waals surface area contributed by atoms with Crippen LogP contribution in [0.2, 0.25) is 0 Å². The van der Waals surface area contributed by atoms with Crippen LogP contribution >= 0.6 is 0 Å². The van der Waals surface area contributed by atoms with Gasteiger partial charge in [0.15, 0.2) is 5.78 Å². The molecular formula is C32H32N2O4. The van der Waals surface area contributed by atoms with Gasteiger partial charge in [0.05, 0.1) is 18.9 Å². The smallest absolute Gasteiger partial charge is 0.163 e. The first-order chi connectivity index (χ1) is 18.6. The van der Waals surface area contributed by atoms with Crippen LogP contribution in [0.4, 0.5) is 5.82 Å². The molecule has 6 nitrogen and oxygen atoms in total. The molecule has 5 rings (SSSR count). The molecule has 2 aliphatic rings. The summed E-state index contributed by atoms with van der Waals surface area (Å²) in [6.07, 6.45) is 13.4. The number of pyridine rings is 1. The van der Waals surface area contributed by atoms with Gasteiger partial charge in [-0.15, -0.1) is 0 Å². The average Bonchev–Trinajstić information content (AvgIpc) is 3.27. The van der Waals surface area contributed by atoms with Crippen molar-refractivity contribution in [2.45, 2.75) is 32.3 Å². The zero-order valence-electron chi connectivity index (χ0n) is 21.5. The highest BCUT2D eigenvalue weighted by Crippen LogP contribution is 2.30. The monoisotopic (exact) mass is 508 g/mol. The fourth-order valence-corrected chi connectivity index (χ4v) is 4.38. The first-order valence-corrected chi connectivity index (χ1v) is 12.8. The first kappa shape index (κ1) is 26.8. The second-order valence-corrected chi connectivity index (χ2v) is 8.95. The van der Waals surface area contributed by atoms with Crippen molar-refractivity contribution in [3.05, 3.63) is 107 Å². The molecule has 0 bridgehead atoms. The molecule has 0 radical (unpaired) electrons. The van der Waals surface area contributed by atoms with Crippen LogP contribution < -0.4 is 10.1 Å². The van der Waals surface area contributed by atoms with Gasteiger partial charge in [-0.1, -0.05) is 54.6 Å². The van der Waals surface area contributed by atoms with E-state index in [9.17, 15) is 14.7 Å². The van der Waals surface area contributed by atoms with Crippen molar-refractivity contribution in [1.82, 2.24) is 4.98 Å². The second-order valence-electron chi connectivity index (χ2n) is 8.95. The standard InChI is InChI=1S/C20H20N2O.C12H12O3/c1-21-20-13-17(18-11-7-6-10-16(18)14-23)12-19(22-20)15-8-4-2-3-5-9-15;13-6-1-2-11(14)9-3-4-12-10(8-9)5-7-15-12/h2-8,10-13,23H,9,14H2,1H3,(H,21,22);3-4,6,8H,1-2,5,7H2. The number of ketones is 1. The number of aldehydes is 1. The Kier molecular flexibility index (Phi) is 9.37. The summed E-state index contributed by atoms with van der Waals surface area (Å²) in [4.78, 5) is 26.4. The number of aromatic nitrogens is 1. The van der Waals surface area contributed by atoms with Gasteiger partial charge in [0.25, 0.3) is 0 Å². The lowest BCUT2D eigenvalue weighted by Gasteiger charge is -2.13. The largest absolute Gasteiger partial charge is 0.493 e.